The molecule has 0 fully saturated rings. The lowest BCUT2D eigenvalue weighted by molar-refractivity contribution is -0.140. The number of rotatable bonds is 5. The zero-order valence-electron chi connectivity index (χ0n) is 11.3. The molecule has 1 aromatic heterocycles. The van der Waals surface area contributed by atoms with Crippen molar-refractivity contribution in [3.05, 3.63) is 42.1 Å². The number of hydrogen-bond donors (Lipinski definition) is 0. The van der Waals surface area contributed by atoms with Gasteiger partial charge in [-0.3, -0.25) is 9.78 Å². The van der Waals surface area contributed by atoms with E-state index in [1.54, 1.807) is 6.20 Å². The Bertz CT molecular complexity index is 564. The van der Waals surface area contributed by atoms with Crippen LogP contribution < -0.4 is 0 Å². The number of esters is 1. The molecule has 19 heavy (non-hydrogen) atoms. The molecule has 4 nitrogen and oxygen atoms in total. The minimum atomic E-state index is -0.178. The van der Waals surface area contributed by atoms with Crippen LogP contribution in [0.4, 0.5) is 0 Å². The summed E-state index contributed by atoms with van der Waals surface area (Å²) < 4.78 is 4.64. The topological polar surface area (TPSA) is 42.4 Å². The third kappa shape index (κ3) is 3.51. The number of fused-ring (bicyclic) bond motifs is 1. The minimum Gasteiger partial charge on any atom is -0.469 e. The molecule has 0 spiro atoms. The van der Waals surface area contributed by atoms with Crippen molar-refractivity contribution in [2.24, 2.45) is 0 Å². The van der Waals surface area contributed by atoms with E-state index in [-0.39, 0.29) is 5.97 Å². The smallest absolute Gasteiger partial charge is 0.306 e. The van der Waals surface area contributed by atoms with Gasteiger partial charge >= 0.3 is 5.97 Å². The average Bonchev–Trinajstić information content (AvgIpc) is 2.45. The Kier molecular flexibility index (Phi) is 4.47. The molecule has 2 rings (SSSR count). The highest BCUT2D eigenvalue weighted by atomic mass is 16.5. The molecule has 1 aromatic carbocycles. The first-order chi connectivity index (χ1) is 9.20. The van der Waals surface area contributed by atoms with Crippen LogP contribution in [0.3, 0.4) is 0 Å². The zero-order chi connectivity index (χ0) is 13.7. The van der Waals surface area contributed by atoms with Crippen molar-refractivity contribution in [3.63, 3.8) is 0 Å². The fourth-order valence-corrected chi connectivity index (χ4v) is 2.05. The summed E-state index contributed by atoms with van der Waals surface area (Å²) in [6.07, 6.45) is 2.21. The SMILES string of the molecule is COC(=O)CCN(C)Cc1cccc2cccnc12. The molecule has 0 saturated carbocycles. The van der Waals surface area contributed by atoms with Gasteiger partial charge in [-0.2, -0.15) is 0 Å². The van der Waals surface area contributed by atoms with E-state index in [2.05, 4.69) is 32.8 Å². The lowest BCUT2D eigenvalue weighted by Crippen LogP contribution is -2.22. The van der Waals surface area contributed by atoms with E-state index in [0.29, 0.717) is 13.0 Å². The molecule has 0 atom stereocenters. The number of methoxy groups -OCH3 is 1. The molecule has 0 aliphatic rings. The quantitative estimate of drug-likeness (QED) is 0.771. The lowest BCUT2D eigenvalue weighted by Gasteiger charge is -2.16. The second kappa shape index (κ2) is 6.29. The normalized spacial score (nSPS) is 10.9. The number of benzene rings is 1. The molecule has 0 aliphatic heterocycles. The van der Waals surface area contributed by atoms with Crippen molar-refractivity contribution in [1.82, 2.24) is 9.88 Å². The molecular formula is C15H18N2O2. The summed E-state index contributed by atoms with van der Waals surface area (Å²) in [7, 11) is 3.40. The van der Waals surface area contributed by atoms with Crippen LogP contribution in [0.1, 0.15) is 12.0 Å². The van der Waals surface area contributed by atoms with Crippen LogP contribution >= 0.6 is 0 Å². The van der Waals surface area contributed by atoms with Crippen LogP contribution in [-0.4, -0.2) is 36.6 Å². The molecule has 100 valence electrons. The Balaban J connectivity index is 2.06. The van der Waals surface area contributed by atoms with Crippen molar-refractivity contribution in [1.29, 1.82) is 0 Å². The Hall–Kier alpha value is -1.94. The zero-order valence-corrected chi connectivity index (χ0v) is 11.3. The van der Waals surface area contributed by atoms with E-state index in [9.17, 15) is 4.79 Å². The Morgan fingerprint density at radius 1 is 1.32 bits per heavy atom. The second-order valence-corrected chi connectivity index (χ2v) is 4.56. The van der Waals surface area contributed by atoms with Gasteiger partial charge in [-0.25, -0.2) is 0 Å². The number of nitrogens with zero attached hydrogens (tertiary/aromatic N) is 2. The first kappa shape index (κ1) is 13.5. The van der Waals surface area contributed by atoms with Gasteiger partial charge < -0.3 is 9.64 Å². The van der Waals surface area contributed by atoms with E-state index in [0.717, 1.165) is 17.4 Å². The highest BCUT2D eigenvalue weighted by molar-refractivity contribution is 5.81. The Labute approximate surface area is 113 Å². The van der Waals surface area contributed by atoms with Crippen LogP contribution in [0, 0.1) is 0 Å². The number of pyridine rings is 1. The lowest BCUT2D eigenvalue weighted by atomic mass is 10.1. The highest BCUT2D eigenvalue weighted by Gasteiger charge is 2.07. The largest absolute Gasteiger partial charge is 0.469 e. The monoisotopic (exact) mass is 258 g/mol. The molecule has 0 amide bonds. The van der Waals surface area contributed by atoms with Gasteiger partial charge in [0.25, 0.3) is 0 Å². The molecule has 0 aliphatic carbocycles. The van der Waals surface area contributed by atoms with Gasteiger partial charge in [0.05, 0.1) is 19.0 Å². The fraction of sp³-hybridized carbons (Fsp3) is 0.333. The Morgan fingerprint density at radius 3 is 2.89 bits per heavy atom. The van der Waals surface area contributed by atoms with E-state index in [4.69, 9.17) is 0 Å². The van der Waals surface area contributed by atoms with Gasteiger partial charge in [0.1, 0.15) is 0 Å². The van der Waals surface area contributed by atoms with Gasteiger partial charge in [0.15, 0.2) is 0 Å². The van der Waals surface area contributed by atoms with Crippen LogP contribution in [0.25, 0.3) is 10.9 Å². The summed E-state index contributed by atoms with van der Waals surface area (Å²) in [5.74, 6) is -0.178. The molecule has 0 bridgehead atoms. The second-order valence-electron chi connectivity index (χ2n) is 4.56. The van der Waals surface area contributed by atoms with Crippen molar-refractivity contribution in [3.8, 4) is 0 Å². The van der Waals surface area contributed by atoms with Crippen molar-refractivity contribution in [2.75, 3.05) is 20.7 Å². The number of carbonyl (C=O) groups excluding carboxylic acids is 1. The average molecular weight is 258 g/mol. The van der Waals surface area contributed by atoms with E-state index >= 15 is 0 Å². The van der Waals surface area contributed by atoms with Crippen LogP contribution in [0.5, 0.6) is 0 Å². The van der Waals surface area contributed by atoms with E-state index in [1.807, 2.05) is 19.2 Å². The van der Waals surface area contributed by atoms with Crippen LogP contribution in [0.2, 0.25) is 0 Å². The molecule has 4 heteroatoms. The summed E-state index contributed by atoms with van der Waals surface area (Å²) in [5.41, 5.74) is 2.19. The van der Waals surface area contributed by atoms with Gasteiger partial charge in [-0.1, -0.05) is 24.3 Å². The summed E-state index contributed by atoms with van der Waals surface area (Å²) in [6.45, 7) is 1.45. The third-order valence-electron chi connectivity index (χ3n) is 3.08. The maximum Gasteiger partial charge on any atom is 0.306 e. The summed E-state index contributed by atoms with van der Waals surface area (Å²) >= 11 is 0. The fourth-order valence-electron chi connectivity index (χ4n) is 2.05. The molecule has 0 radical (unpaired) electrons. The minimum absolute atomic E-state index is 0.178. The molecule has 0 saturated heterocycles. The first-order valence-electron chi connectivity index (χ1n) is 6.28. The molecule has 2 aromatic rings. The number of hydrogen-bond acceptors (Lipinski definition) is 4. The van der Waals surface area contributed by atoms with Gasteiger partial charge in [-0.15, -0.1) is 0 Å². The van der Waals surface area contributed by atoms with Gasteiger partial charge in [0, 0.05) is 24.7 Å². The molecule has 1 heterocycles. The number of aromatic nitrogens is 1. The maximum atomic E-state index is 11.1. The van der Waals surface area contributed by atoms with Crippen molar-refractivity contribution >= 4 is 16.9 Å². The predicted octanol–water partition coefficient (Wildman–Crippen LogP) is 2.23. The van der Waals surface area contributed by atoms with Gasteiger partial charge in [-0.05, 0) is 18.7 Å². The predicted molar refractivity (Wildman–Crippen MR) is 74.7 cm³/mol. The van der Waals surface area contributed by atoms with Crippen LogP contribution in [0.15, 0.2) is 36.5 Å². The van der Waals surface area contributed by atoms with Crippen LogP contribution in [-0.2, 0) is 16.1 Å². The molecule has 0 N–H and O–H groups in total. The summed E-state index contributed by atoms with van der Waals surface area (Å²) in [5, 5.41) is 1.14. The maximum absolute atomic E-state index is 11.1. The van der Waals surface area contributed by atoms with E-state index < -0.39 is 0 Å². The van der Waals surface area contributed by atoms with Crippen molar-refractivity contribution in [2.45, 2.75) is 13.0 Å². The highest BCUT2D eigenvalue weighted by Crippen LogP contribution is 2.17. The number of carbonyl (C=O) groups is 1. The number of para-hydroxylation sites is 1. The first-order valence-corrected chi connectivity index (χ1v) is 6.28. The van der Waals surface area contributed by atoms with Gasteiger partial charge in [0.2, 0.25) is 0 Å². The van der Waals surface area contributed by atoms with E-state index in [1.165, 1.54) is 12.7 Å². The number of ether oxygens (including phenoxy) is 1. The standard InChI is InChI=1S/C15H18N2O2/c1-17(10-8-14(18)19-2)11-13-6-3-5-12-7-4-9-16-15(12)13/h3-7,9H,8,10-11H2,1-2H3. The summed E-state index contributed by atoms with van der Waals surface area (Å²) in [4.78, 5) is 17.6. The molecule has 0 unspecified atom stereocenters. The molecular weight excluding hydrogens is 240 g/mol. The van der Waals surface area contributed by atoms with Crippen molar-refractivity contribution < 1.29 is 9.53 Å². The third-order valence-corrected chi connectivity index (χ3v) is 3.08. The Morgan fingerprint density at radius 2 is 2.11 bits per heavy atom. The summed E-state index contributed by atoms with van der Waals surface area (Å²) in [6, 6.07) is 10.2.